The van der Waals surface area contributed by atoms with Gasteiger partial charge < -0.3 is 0 Å². The molecule has 3 nitrogen and oxygen atoms in total. The fourth-order valence-corrected chi connectivity index (χ4v) is 3.22. The molecule has 0 amide bonds. The molecule has 1 heterocycles. The van der Waals surface area contributed by atoms with Crippen LogP contribution in [-0.4, -0.2) is 15.0 Å². The molecule has 0 radical (unpaired) electrons. The maximum atomic E-state index is 4.28. The van der Waals surface area contributed by atoms with Crippen LogP contribution in [0, 0.1) is 0 Å². The first kappa shape index (κ1) is 17.9. The Morgan fingerprint density at radius 3 is 2.32 bits per heavy atom. The number of aromatic nitrogens is 3. The van der Waals surface area contributed by atoms with Gasteiger partial charge >= 0.3 is 0 Å². The normalized spacial score (nSPS) is 11.3. The molecular weight excluding hydrogens is 342 g/mol. The van der Waals surface area contributed by atoms with Crippen LogP contribution < -0.4 is 0 Å². The molecule has 0 atom stereocenters. The third kappa shape index (κ3) is 3.65. The molecule has 0 aliphatic carbocycles. The average Bonchev–Trinajstić information content (AvgIpc) is 3.18. The third-order valence-corrected chi connectivity index (χ3v) is 4.83. The van der Waals surface area contributed by atoms with E-state index in [1.54, 1.807) is 0 Å². The van der Waals surface area contributed by atoms with Crippen molar-refractivity contribution in [2.75, 3.05) is 0 Å². The lowest BCUT2D eigenvalue weighted by molar-refractivity contribution is 0.824. The largest absolute Gasteiger partial charge is 0.213 e. The number of hydrogen-bond acceptors (Lipinski definition) is 2. The summed E-state index contributed by atoms with van der Waals surface area (Å²) in [6.45, 7) is 6.34. The van der Waals surface area contributed by atoms with Crippen molar-refractivity contribution in [2.24, 2.45) is 0 Å². The Morgan fingerprint density at radius 2 is 1.61 bits per heavy atom. The van der Waals surface area contributed by atoms with Crippen LogP contribution in [0.3, 0.4) is 0 Å². The molecule has 1 aromatic heterocycles. The SMILES string of the molecule is C=C(/C=C\CCC)c1ccc(-c2ccc(-n3nnc4ccccc43)cc2)cc1. The minimum atomic E-state index is 0.899. The molecule has 28 heavy (non-hydrogen) atoms. The van der Waals surface area contributed by atoms with Crippen LogP contribution >= 0.6 is 0 Å². The van der Waals surface area contributed by atoms with Crippen molar-refractivity contribution in [2.45, 2.75) is 19.8 Å². The lowest BCUT2D eigenvalue weighted by Gasteiger charge is -2.07. The zero-order valence-electron chi connectivity index (χ0n) is 16.0. The standard InChI is InChI=1S/C25H23N3/c1-3-4-5-8-19(2)20-11-13-21(14-12-20)22-15-17-23(18-16-22)28-25-10-7-6-9-24(25)26-27-28/h5-18H,2-4H2,1H3/b8-5-. The van der Waals surface area contributed by atoms with Gasteiger partial charge in [0.1, 0.15) is 5.52 Å². The van der Waals surface area contributed by atoms with Crippen LogP contribution in [0.15, 0.2) is 91.5 Å². The van der Waals surface area contributed by atoms with Gasteiger partial charge in [0.2, 0.25) is 0 Å². The molecule has 0 unspecified atom stereocenters. The van der Waals surface area contributed by atoms with E-state index in [2.05, 4.69) is 84.5 Å². The van der Waals surface area contributed by atoms with Gasteiger partial charge in [-0.25, -0.2) is 4.68 Å². The molecule has 0 aliphatic rings. The van der Waals surface area contributed by atoms with Crippen LogP contribution in [-0.2, 0) is 0 Å². The number of fused-ring (bicyclic) bond motifs is 1. The van der Waals surface area contributed by atoms with Gasteiger partial charge in [0.05, 0.1) is 11.2 Å². The van der Waals surface area contributed by atoms with Crippen LogP contribution in [0.2, 0.25) is 0 Å². The summed E-state index contributed by atoms with van der Waals surface area (Å²) in [5.41, 5.74) is 7.47. The van der Waals surface area contributed by atoms with Crippen molar-refractivity contribution in [3.63, 3.8) is 0 Å². The highest BCUT2D eigenvalue weighted by Crippen LogP contribution is 2.24. The summed E-state index contributed by atoms with van der Waals surface area (Å²) in [5, 5.41) is 8.51. The van der Waals surface area contributed by atoms with Gasteiger partial charge in [-0.15, -0.1) is 5.10 Å². The van der Waals surface area contributed by atoms with E-state index >= 15 is 0 Å². The maximum absolute atomic E-state index is 4.28. The third-order valence-electron chi connectivity index (χ3n) is 4.83. The zero-order chi connectivity index (χ0) is 19.3. The number of benzene rings is 3. The molecule has 3 heteroatoms. The first-order chi connectivity index (χ1) is 13.8. The smallest absolute Gasteiger partial charge is 0.113 e. The summed E-state index contributed by atoms with van der Waals surface area (Å²) in [5.74, 6) is 0. The lowest BCUT2D eigenvalue weighted by atomic mass is 10.0. The quantitative estimate of drug-likeness (QED) is 0.367. The molecule has 4 rings (SSSR count). The predicted octanol–water partition coefficient (Wildman–Crippen LogP) is 6.46. The fraction of sp³-hybridized carbons (Fsp3) is 0.120. The predicted molar refractivity (Wildman–Crippen MR) is 117 cm³/mol. The van der Waals surface area contributed by atoms with Crippen molar-refractivity contribution < 1.29 is 0 Å². The van der Waals surface area contributed by atoms with Gasteiger partial charge in [-0.1, -0.05) is 85.8 Å². The number of hydrogen-bond donors (Lipinski definition) is 0. The van der Waals surface area contributed by atoms with Crippen LogP contribution in [0.4, 0.5) is 0 Å². The zero-order valence-corrected chi connectivity index (χ0v) is 16.0. The van der Waals surface area contributed by atoms with E-state index in [4.69, 9.17) is 0 Å². The highest BCUT2D eigenvalue weighted by atomic mass is 15.4. The van der Waals surface area contributed by atoms with Crippen molar-refractivity contribution >= 4 is 16.6 Å². The van der Waals surface area contributed by atoms with Gasteiger partial charge in [-0.2, -0.15) is 0 Å². The maximum Gasteiger partial charge on any atom is 0.113 e. The van der Waals surface area contributed by atoms with E-state index in [9.17, 15) is 0 Å². The van der Waals surface area contributed by atoms with Gasteiger partial charge in [-0.05, 0) is 52.9 Å². The Bertz CT molecular complexity index is 1120. The topological polar surface area (TPSA) is 30.7 Å². The summed E-state index contributed by atoms with van der Waals surface area (Å²) in [6, 6.07) is 24.9. The first-order valence-electron chi connectivity index (χ1n) is 9.63. The second-order valence-electron chi connectivity index (χ2n) is 6.83. The first-order valence-corrected chi connectivity index (χ1v) is 9.63. The summed E-state index contributed by atoms with van der Waals surface area (Å²) in [4.78, 5) is 0. The Morgan fingerprint density at radius 1 is 0.929 bits per heavy atom. The second kappa shape index (κ2) is 8.05. The molecule has 0 N–H and O–H groups in total. The Labute approximate surface area is 165 Å². The van der Waals surface area contributed by atoms with Gasteiger partial charge in [0.25, 0.3) is 0 Å². The lowest BCUT2D eigenvalue weighted by Crippen LogP contribution is -1.96. The monoisotopic (exact) mass is 365 g/mol. The highest BCUT2D eigenvalue weighted by Gasteiger charge is 2.06. The Hall–Kier alpha value is -3.46. The molecule has 3 aromatic carbocycles. The highest BCUT2D eigenvalue weighted by molar-refractivity contribution is 5.77. The minimum absolute atomic E-state index is 0.899. The van der Waals surface area contributed by atoms with E-state index in [1.165, 1.54) is 11.1 Å². The molecule has 4 aromatic rings. The number of para-hydroxylation sites is 1. The molecule has 0 saturated carbocycles. The number of unbranched alkanes of at least 4 members (excludes halogenated alkanes) is 1. The summed E-state index contributed by atoms with van der Waals surface area (Å²) in [6.07, 6.45) is 6.53. The molecule has 0 fully saturated rings. The summed E-state index contributed by atoms with van der Waals surface area (Å²) >= 11 is 0. The minimum Gasteiger partial charge on any atom is -0.213 e. The molecule has 0 saturated heterocycles. The van der Waals surface area contributed by atoms with E-state index in [-0.39, 0.29) is 0 Å². The van der Waals surface area contributed by atoms with E-state index in [1.807, 2.05) is 28.9 Å². The van der Waals surface area contributed by atoms with Gasteiger partial charge in [-0.3, -0.25) is 0 Å². The van der Waals surface area contributed by atoms with Crippen molar-refractivity contribution in [3.8, 4) is 16.8 Å². The Balaban J connectivity index is 1.55. The van der Waals surface area contributed by atoms with Gasteiger partial charge in [0.15, 0.2) is 0 Å². The summed E-state index contributed by atoms with van der Waals surface area (Å²) < 4.78 is 1.87. The van der Waals surface area contributed by atoms with Crippen molar-refractivity contribution in [3.05, 3.63) is 97.1 Å². The van der Waals surface area contributed by atoms with Crippen LogP contribution in [0.1, 0.15) is 25.3 Å². The number of allylic oxidation sites excluding steroid dienone is 3. The fourth-order valence-electron chi connectivity index (χ4n) is 3.22. The molecule has 0 spiro atoms. The van der Waals surface area contributed by atoms with Gasteiger partial charge in [0, 0.05) is 0 Å². The second-order valence-corrected chi connectivity index (χ2v) is 6.83. The van der Waals surface area contributed by atoms with Crippen molar-refractivity contribution in [1.29, 1.82) is 0 Å². The number of rotatable bonds is 6. The Kier molecular flexibility index (Phi) is 5.16. The van der Waals surface area contributed by atoms with Crippen molar-refractivity contribution in [1.82, 2.24) is 15.0 Å². The van der Waals surface area contributed by atoms with E-state index in [0.717, 1.165) is 40.7 Å². The van der Waals surface area contributed by atoms with E-state index < -0.39 is 0 Å². The van der Waals surface area contributed by atoms with E-state index in [0.29, 0.717) is 0 Å². The van der Waals surface area contributed by atoms with Crippen LogP contribution in [0.25, 0.3) is 33.4 Å². The summed E-state index contributed by atoms with van der Waals surface area (Å²) in [7, 11) is 0. The van der Waals surface area contributed by atoms with Crippen LogP contribution in [0.5, 0.6) is 0 Å². The molecule has 0 bridgehead atoms. The number of nitrogens with zero attached hydrogens (tertiary/aromatic N) is 3. The molecular formula is C25H23N3. The average molecular weight is 365 g/mol. The molecule has 138 valence electrons. The molecule has 0 aliphatic heterocycles.